The highest BCUT2D eigenvalue weighted by Crippen LogP contribution is 2.16. The van der Waals surface area contributed by atoms with Gasteiger partial charge in [-0.15, -0.1) is 23.1 Å². The molecule has 0 aliphatic rings. The molecule has 126 valence electrons. The minimum atomic E-state index is -0.398. The molecule has 2 aromatic heterocycles. The number of hydrogen-bond acceptors (Lipinski definition) is 6. The first-order valence-electron chi connectivity index (χ1n) is 7.40. The molecule has 0 saturated carbocycles. The van der Waals surface area contributed by atoms with E-state index < -0.39 is 5.54 Å². The maximum Gasteiger partial charge on any atom is 0.258 e. The molecular weight excluding hydrogens is 332 g/mol. The van der Waals surface area contributed by atoms with Crippen molar-refractivity contribution in [2.24, 2.45) is 11.7 Å². The Balaban J connectivity index is 1.91. The zero-order valence-corrected chi connectivity index (χ0v) is 15.2. The van der Waals surface area contributed by atoms with Gasteiger partial charge in [-0.25, -0.2) is 4.98 Å². The minimum Gasteiger partial charge on any atom is -0.349 e. The summed E-state index contributed by atoms with van der Waals surface area (Å²) in [6.07, 6.45) is 1.71. The Kier molecular flexibility index (Phi) is 5.83. The van der Waals surface area contributed by atoms with Crippen molar-refractivity contribution in [1.29, 1.82) is 0 Å². The number of fused-ring (bicyclic) bond motifs is 1. The minimum absolute atomic E-state index is 0.0504. The molecule has 1 atom stereocenters. The third-order valence-electron chi connectivity index (χ3n) is 3.96. The van der Waals surface area contributed by atoms with Gasteiger partial charge in [-0.05, 0) is 12.8 Å². The lowest BCUT2D eigenvalue weighted by Crippen LogP contribution is -2.55. The second kappa shape index (κ2) is 7.46. The topological polar surface area (TPSA) is 89.5 Å². The van der Waals surface area contributed by atoms with E-state index in [1.54, 1.807) is 6.20 Å². The van der Waals surface area contributed by atoms with Gasteiger partial charge in [0.25, 0.3) is 5.56 Å². The smallest absolute Gasteiger partial charge is 0.258 e. The number of carbonyl (C=O) groups is 1. The van der Waals surface area contributed by atoms with Crippen LogP contribution in [-0.2, 0) is 10.5 Å². The molecule has 2 aromatic rings. The van der Waals surface area contributed by atoms with Gasteiger partial charge in [-0.1, -0.05) is 13.8 Å². The summed E-state index contributed by atoms with van der Waals surface area (Å²) < 4.78 is 1.51. The molecule has 0 aliphatic heterocycles. The molecule has 0 aromatic carbocycles. The van der Waals surface area contributed by atoms with Gasteiger partial charge in [-0.2, -0.15) is 0 Å². The van der Waals surface area contributed by atoms with Gasteiger partial charge in [0, 0.05) is 29.9 Å². The van der Waals surface area contributed by atoms with Crippen LogP contribution in [-0.4, -0.2) is 33.1 Å². The maximum atomic E-state index is 12.1. The Morgan fingerprint density at radius 2 is 2.30 bits per heavy atom. The molecule has 2 heterocycles. The summed E-state index contributed by atoms with van der Waals surface area (Å²) in [5.41, 5.74) is 5.97. The van der Waals surface area contributed by atoms with Crippen molar-refractivity contribution in [3.05, 3.63) is 33.7 Å². The molecule has 0 spiro atoms. The lowest BCUT2D eigenvalue weighted by atomic mass is 9.88. The van der Waals surface area contributed by atoms with Crippen LogP contribution in [0, 0.1) is 5.92 Å². The number of thioether (sulfide) groups is 1. The van der Waals surface area contributed by atoms with Crippen molar-refractivity contribution < 1.29 is 4.79 Å². The molecule has 0 aliphatic carbocycles. The van der Waals surface area contributed by atoms with E-state index in [0.717, 1.165) is 0 Å². The molecule has 1 unspecified atom stereocenters. The van der Waals surface area contributed by atoms with E-state index in [2.05, 4.69) is 10.3 Å². The van der Waals surface area contributed by atoms with Gasteiger partial charge < -0.3 is 11.1 Å². The van der Waals surface area contributed by atoms with Crippen molar-refractivity contribution in [2.45, 2.75) is 32.1 Å². The van der Waals surface area contributed by atoms with Crippen molar-refractivity contribution in [3.8, 4) is 0 Å². The van der Waals surface area contributed by atoms with E-state index >= 15 is 0 Å². The molecule has 0 bridgehead atoms. The van der Waals surface area contributed by atoms with Gasteiger partial charge in [0.15, 0.2) is 4.96 Å². The molecule has 3 N–H and O–H groups in total. The first-order chi connectivity index (χ1) is 10.9. The second-order valence-electron chi connectivity index (χ2n) is 5.96. The first kappa shape index (κ1) is 18.0. The first-order valence-corrected chi connectivity index (χ1v) is 9.44. The fourth-order valence-corrected chi connectivity index (χ4v) is 3.45. The van der Waals surface area contributed by atoms with E-state index in [-0.39, 0.29) is 17.4 Å². The normalized spacial score (nSPS) is 14.1. The van der Waals surface area contributed by atoms with Gasteiger partial charge in [0.1, 0.15) is 0 Å². The van der Waals surface area contributed by atoms with Crippen molar-refractivity contribution in [3.63, 3.8) is 0 Å². The highest BCUT2D eigenvalue weighted by atomic mass is 32.2. The molecule has 0 radical (unpaired) electrons. The van der Waals surface area contributed by atoms with Crippen LogP contribution in [0.4, 0.5) is 0 Å². The fourth-order valence-electron chi connectivity index (χ4n) is 2.00. The summed E-state index contributed by atoms with van der Waals surface area (Å²) in [5.74, 6) is 1.04. The van der Waals surface area contributed by atoms with Crippen LogP contribution in [0.2, 0.25) is 0 Å². The predicted octanol–water partition coefficient (Wildman–Crippen LogP) is 1.48. The van der Waals surface area contributed by atoms with Crippen LogP contribution < -0.4 is 16.6 Å². The van der Waals surface area contributed by atoms with Gasteiger partial charge in [-0.3, -0.25) is 14.0 Å². The van der Waals surface area contributed by atoms with E-state index in [0.29, 0.717) is 28.7 Å². The number of amides is 1. The number of nitrogens with zero attached hydrogens (tertiary/aromatic N) is 2. The van der Waals surface area contributed by atoms with Gasteiger partial charge in [0.2, 0.25) is 5.91 Å². The molecule has 1 amide bonds. The molecular formula is C15H22N4O2S2. The number of thiazole rings is 1. The molecule has 0 saturated heterocycles. The van der Waals surface area contributed by atoms with Crippen LogP contribution in [0.3, 0.4) is 0 Å². The average molecular weight is 355 g/mol. The number of rotatable bonds is 7. The summed E-state index contributed by atoms with van der Waals surface area (Å²) in [7, 11) is 0. The Hall–Kier alpha value is -1.38. The quantitative estimate of drug-likeness (QED) is 0.786. The van der Waals surface area contributed by atoms with Gasteiger partial charge in [0.05, 0.1) is 17.0 Å². The van der Waals surface area contributed by atoms with E-state index in [4.69, 9.17) is 5.73 Å². The largest absolute Gasteiger partial charge is 0.349 e. The number of nitrogens with two attached hydrogens (primary N) is 1. The number of aromatic nitrogens is 2. The molecule has 8 heteroatoms. The molecule has 2 rings (SSSR count). The summed E-state index contributed by atoms with van der Waals surface area (Å²) in [5, 5.41) is 4.82. The summed E-state index contributed by atoms with van der Waals surface area (Å²) in [4.78, 5) is 29.1. The van der Waals surface area contributed by atoms with Crippen molar-refractivity contribution >= 4 is 34.0 Å². The van der Waals surface area contributed by atoms with E-state index in [1.165, 1.54) is 33.6 Å². The number of hydrogen-bond donors (Lipinski definition) is 2. The summed E-state index contributed by atoms with van der Waals surface area (Å²) in [6.45, 7) is 6.42. The van der Waals surface area contributed by atoms with Crippen molar-refractivity contribution in [1.82, 2.24) is 14.7 Å². The summed E-state index contributed by atoms with van der Waals surface area (Å²) >= 11 is 2.86. The fraction of sp³-hybridized carbons (Fsp3) is 0.533. The lowest BCUT2D eigenvalue weighted by Gasteiger charge is -2.33. The lowest BCUT2D eigenvalue weighted by molar-refractivity contribution is -0.120. The third kappa shape index (κ3) is 4.33. The Morgan fingerprint density at radius 3 is 2.96 bits per heavy atom. The van der Waals surface area contributed by atoms with E-state index in [1.807, 2.05) is 26.2 Å². The van der Waals surface area contributed by atoms with Crippen LogP contribution in [0.15, 0.2) is 22.4 Å². The maximum absolute atomic E-state index is 12.1. The van der Waals surface area contributed by atoms with Crippen LogP contribution in [0.1, 0.15) is 26.5 Å². The van der Waals surface area contributed by atoms with E-state index in [9.17, 15) is 9.59 Å². The number of nitrogens with one attached hydrogen (secondary N) is 1. The van der Waals surface area contributed by atoms with Crippen LogP contribution in [0.5, 0.6) is 0 Å². The third-order valence-corrected chi connectivity index (χ3v) is 5.69. The van der Waals surface area contributed by atoms with Crippen LogP contribution in [0.25, 0.3) is 4.96 Å². The molecule has 6 nitrogen and oxygen atoms in total. The SMILES string of the molecule is CC(C)C(C)(CN)NC(=O)CSCc1cc(=O)n2ccsc2n1. The molecule has 23 heavy (non-hydrogen) atoms. The Labute approximate surface area is 143 Å². The molecule has 0 fully saturated rings. The Bertz CT molecular complexity index is 740. The zero-order chi connectivity index (χ0) is 17.0. The highest BCUT2D eigenvalue weighted by molar-refractivity contribution is 7.99. The Morgan fingerprint density at radius 1 is 1.57 bits per heavy atom. The predicted molar refractivity (Wildman–Crippen MR) is 95.9 cm³/mol. The average Bonchev–Trinajstić information content (AvgIpc) is 2.95. The monoisotopic (exact) mass is 354 g/mol. The second-order valence-corrected chi connectivity index (χ2v) is 7.82. The zero-order valence-electron chi connectivity index (χ0n) is 13.5. The van der Waals surface area contributed by atoms with Gasteiger partial charge >= 0.3 is 0 Å². The van der Waals surface area contributed by atoms with Crippen LogP contribution >= 0.6 is 23.1 Å². The summed E-state index contributed by atoms with van der Waals surface area (Å²) in [6, 6.07) is 1.52. The van der Waals surface area contributed by atoms with Crippen molar-refractivity contribution in [2.75, 3.05) is 12.3 Å². The highest BCUT2D eigenvalue weighted by Gasteiger charge is 2.28. The standard InChI is InChI=1S/C15H22N4O2S2/c1-10(2)15(3,9-16)18-12(20)8-22-7-11-6-13(21)19-4-5-23-14(19)17-11/h4-6,10H,7-9,16H2,1-3H3,(H,18,20). The number of carbonyl (C=O) groups excluding carboxylic acids is 1.